The van der Waals surface area contributed by atoms with Gasteiger partial charge in [0.05, 0.1) is 24.7 Å². The SMILES string of the molecule is CCC1CN(C(=O)Cc2ccccc2C(=O)O)CCO1. The highest BCUT2D eigenvalue weighted by atomic mass is 16.5. The lowest BCUT2D eigenvalue weighted by atomic mass is 10.0. The molecule has 0 aromatic heterocycles. The Kier molecular flexibility index (Phi) is 4.74. The number of aromatic carboxylic acids is 1. The van der Waals surface area contributed by atoms with E-state index in [9.17, 15) is 9.59 Å². The van der Waals surface area contributed by atoms with Crippen LogP contribution in [0.1, 0.15) is 29.3 Å². The van der Waals surface area contributed by atoms with Gasteiger partial charge in [-0.3, -0.25) is 4.79 Å². The first-order valence-electron chi connectivity index (χ1n) is 6.82. The maximum absolute atomic E-state index is 12.3. The van der Waals surface area contributed by atoms with Crippen molar-refractivity contribution in [1.29, 1.82) is 0 Å². The molecule has 1 atom stereocenters. The highest BCUT2D eigenvalue weighted by molar-refractivity contribution is 5.91. The number of benzene rings is 1. The number of nitrogens with zero attached hydrogens (tertiary/aromatic N) is 1. The van der Waals surface area contributed by atoms with Crippen molar-refractivity contribution in [3.8, 4) is 0 Å². The monoisotopic (exact) mass is 277 g/mol. The second kappa shape index (κ2) is 6.52. The first-order chi connectivity index (χ1) is 9.61. The Morgan fingerprint density at radius 1 is 1.40 bits per heavy atom. The van der Waals surface area contributed by atoms with E-state index < -0.39 is 5.97 Å². The third-order valence-electron chi connectivity index (χ3n) is 3.54. The van der Waals surface area contributed by atoms with Crippen LogP contribution in [0.3, 0.4) is 0 Å². The standard InChI is InChI=1S/C15H19NO4/c1-2-12-10-16(7-8-20-12)14(17)9-11-5-3-4-6-13(11)15(18)19/h3-6,12H,2,7-10H2,1H3,(H,18,19). The fourth-order valence-corrected chi connectivity index (χ4v) is 2.35. The van der Waals surface area contributed by atoms with Gasteiger partial charge in [-0.1, -0.05) is 25.1 Å². The van der Waals surface area contributed by atoms with Crippen LogP contribution in [-0.2, 0) is 16.0 Å². The van der Waals surface area contributed by atoms with Crippen molar-refractivity contribution in [3.63, 3.8) is 0 Å². The average Bonchev–Trinajstić information content (AvgIpc) is 2.47. The molecule has 2 rings (SSSR count). The van der Waals surface area contributed by atoms with Gasteiger partial charge in [0.15, 0.2) is 0 Å². The zero-order chi connectivity index (χ0) is 14.5. The quantitative estimate of drug-likeness (QED) is 0.907. The van der Waals surface area contributed by atoms with Gasteiger partial charge in [0.1, 0.15) is 0 Å². The molecule has 20 heavy (non-hydrogen) atoms. The van der Waals surface area contributed by atoms with Gasteiger partial charge < -0.3 is 14.7 Å². The van der Waals surface area contributed by atoms with E-state index in [0.717, 1.165) is 6.42 Å². The molecule has 0 spiro atoms. The molecule has 0 aliphatic carbocycles. The molecule has 1 aromatic carbocycles. The Hall–Kier alpha value is -1.88. The van der Waals surface area contributed by atoms with E-state index in [0.29, 0.717) is 25.3 Å². The van der Waals surface area contributed by atoms with E-state index in [-0.39, 0.29) is 24.0 Å². The lowest BCUT2D eigenvalue weighted by Crippen LogP contribution is -2.46. The largest absolute Gasteiger partial charge is 0.478 e. The molecule has 108 valence electrons. The number of carbonyl (C=O) groups is 2. The molecule has 1 saturated heterocycles. The molecule has 1 aromatic rings. The molecule has 5 nitrogen and oxygen atoms in total. The topological polar surface area (TPSA) is 66.8 Å². The van der Waals surface area contributed by atoms with Crippen molar-refractivity contribution in [3.05, 3.63) is 35.4 Å². The molecule has 0 bridgehead atoms. The fraction of sp³-hybridized carbons (Fsp3) is 0.467. The molecule has 0 saturated carbocycles. The van der Waals surface area contributed by atoms with Crippen molar-refractivity contribution < 1.29 is 19.4 Å². The summed E-state index contributed by atoms with van der Waals surface area (Å²) in [5.74, 6) is -1.04. The Morgan fingerprint density at radius 2 is 2.15 bits per heavy atom. The van der Waals surface area contributed by atoms with Crippen LogP contribution >= 0.6 is 0 Å². The molecule has 1 aliphatic rings. The molecule has 1 unspecified atom stereocenters. The highest BCUT2D eigenvalue weighted by Crippen LogP contribution is 2.14. The molecule has 1 fully saturated rings. The molecular formula is C15H19NO4. The lowest BCUT2D eigenvalue weighted by molar-refractivity contribution is -0.138. The fourth-order valence-electron chi connectivity index (χ4n) is 2.35. The summed E-state index contributed by atoms with van der Waals surface area (Å²) in [4.78, 5) is 25.2. The van der Waals surface area contributed by atoms with Crippen LogP contribution < -0.4 is 0 Å². The van der Waals surface area contributed by atoms with Crippen LogP contribution in [0.2, 0.25) is 0 Å². The zero-order valence-corrected chi connectivity index (χ0v) is 11.5. The van der Waals surface area contributed by atoms with Crippen LogP contribution in [-0.4, -0.2) is 47.7 Å². The number of carbonyl (C=O) groups excluding carboxylic acids is 1. The average molecular weight is 277 g/mol. The first-order valence-corrected chi connectivity index (χ1v) is 6.82. The summed E-state index contributed by atoms with van der Waals surface area (Å²) in [6.45, 7) is 3.73. The smallest absolute Gasteiger partial charge is 0.335 e. The second-order valence-electron chi connectivity index (χ2n) is 4.88. The van der Waals surface area contributed by atoms with Crippen molar-refractivity contribution >= 4 is 11.9 Å². The van der Waals surface area contributed by atoms with Gasteiger partial charge in [-0.05, 0) is 18.1 Å². The lowest BCUT2D eigenvalue weighted by Gasteiger charge is -2.32. The highest BCUT2D eigenvalue weighted by Gasteiger charge is 2.24. The minimum atomic E-state index is -0.998. The predicted molar refractivity (Wildman–Crippen MR) is 73.7 cm³/mol. The van der Waals surface area contributed by atoms with Crippen LogP contribution in [0.25, 0.3) is 0 Å². The van der Waals surface area contributed by atoms with E-state index in [1.54, 1.807) is 23.1 Å². The summed E-state index contributed by atoms with van der Waals surface area (Å²) in [6, 6.07) is 6.64. The van der Waals surface area contributed by atoms with Crippen LogP contribution in [0.5, 0.6) is 0 Å². The van der Waals surface area contributed by atoms with Crippen molar-refractivity contribution in [1.82, 2.24) is 4.90 Å². The Bertz CT molecular complexity index is 500. The molecular weight excluding hydrogens is 258 g/mol. The van der Waals surface area contributed by atoms with Gasteiger partial charge in [0.2, 0.25) is 5.91 Å². The van der Waals surface area contributed by atoms with Gasteiger partial charge in [-0.15, -0.1) is 0 Å². The Labute approximate surface area is 118 Å². The summed E-state index contributed by atoms with van der Waals surface area (Å²) in [6.07, 6.45) is 1.08. The zero-order valence-electron chi connectivity index (χ0n) is 11.5. The summed E-state index contributed by atoms with van der Waals surface area (Å²) < 4.78 is 5.53. The van der Waals surface area contributed by atoms with E-state index >= 15 is 0 Å². The normalized spacial score (nSPS) is 18.9. The van der Waals surface area contributed by atoms with Crippen molar-refractivity contribution in [2.24, 2.45) is 0 Å². The number of carboxylic acids is 1. The summed E-state index contributed by atoms with van der Waals surface area (Å²) in [5.41, 5.74) is 0.755. The third-order valence-corrected chi connectivity index (χ3v) is 3.54. The van der Waals surface area contributed by atoms with Crippen LogP contribution in [0.4, 0.5) is 0 Å². The molecule has 1 heterocycles. The van der Waals surface area contributed by atoms with Gasteiger partial charge in [-0.25, -0.2) is 4.79 Å². The molecule has 0 radical (unpaired) electrons. The summed E-state index contributed by atoms with van der Waals surface area (Å²) in [5, 5.41) is 9.12. The molecule has 5 heteroatoms. The third kappa shape index (κ3) is 3.36. The molecule has 1 N–H and O–H groups in total. The van der Waals surface area contributed by atoms with Crippen molar-refractivity contribution in [2.45, 2.75) is 25.9 Å². The maximum Gasteiger partial charge on any atom is 0.335 e. The van der Waals surface area contributed by atoms with E-state index in [2.05, 4.69) is 0 Å². The van der Waals surface area contributed by atoms with Gasteiger partial charge in [0.25, 0.3) is 0 Å². The van der Waals surface area contributed by atoms with Gasteiger partial charge in [0, 0.05) is 13.1 Å². The maximum atomic E-state index is 12.3. The van der Waals surface area contributed by atoms with E-state index in [1.165, 1.54) is 6.07 Å². The molecule has 1 amide bonds. The number of hydrogen-bond donors (Lipinski definition) is 1. The van der Waals surface area contributed by atoms with E-state index in [1.807, 2.05) is 6.92 Å². The van der Waals surface area contributed by atoms with Crippen molar-refractivity contribution in [2.75, 3.05) is 19.7 Å². The number of hydrogen-bond acceptors (Lipinski definition) is 3. The molecule has 1 aliphatic heterocycles. The number of morpholine rings is 1. The summed E-state index contributed by atoms with van der Waals surface area (Å²) >= 11 is 0. The number of ether oxygens (including phenoxy) is 1. The Morgan fingerprint density at radius 3 is 2.85 bits per heavy atom. The number of carboxylic acid groups (broad SMARTS) is 1. The van der Waals surface area contributed by atoms with Gasteiger partial charge >= 0.3 is 5.97 Å². The minimum absolute atomic E-state index is 0.0412. The number of amides is 1. The second-order valence-corrected chi connectivity index (χ2v) is 4.88. The summed E-state index contributed by atoms with van der Waals surface area (Å²) in [7, 11) is 0. The van der Waals surface area contributed by atoms with Gasteiger partial charge in [-0.2, -0.15) is 0 Å². The van der Waals surface area contributed by atoms with Crippen LogP contribution in [0, 0.1) is 0 Å². The predicted octanol–water partition coefficient (Wildman–Crippen LogP) is 1.56. The Balaban J connectivity index is 2.06. The minimum Gasteiger partial charge on any atom is -0.478 e. The van der Waals surface area contributed by atoms with Crippen LogP contribution in [0.15, 0.2) is 24.3 Å². The number of rotatable bonds is 4. The van der Waals surface area contributed by atoms with E-state index in [4.69, 9.17) is 9.84 Å². The first kappa shape index (κ1) is 14.5.